The smallest absolute Gasteiger partial charge is 0.208 e. The predicted molar refractivity (Wildman–Crippen MR) is 72.0 cm³/mol. The van der Waals surface area contributed by atoms with Crippen LogP contribution in [0.2, 0.25) is 0 Å². The summed E-state index contributed by atoms with van der Waals surface area (Å²) in [4.78, 5) is -0.0819. The van der Waals surface area contributed by atoms with Gasteiger partial charge in [0.25, 0.3) is 9.05 Å². The molecule has 0 heterocycles. The van der Waals surface area contributed by atoms with Crippen molar-refractivity contribution in [3.8, 4) is 0 Å². The zero-order chi connectivity index (χ0) is 14.3. The summed E-state index contributed by atoms with van der Waals surface area (Å²) in [5.74, 6) is 0.538. The van der Waals surface area contributed by atoms with E-state index in [0.717, 1.165) is 12.8 Å². The molecule has 1 aromatic carbocycles. The molecule has 2 rings (SSSR count). The third-order valence-corrected chi connectivity index (χ3v) is 6.02. The Bertz CT molecular complexity index is 661. The normalized spacial score (nSPS) is 23.9. The SMILES string of the molecule is CC1CC(NS(=O)(=O)c2ccc(S(=O)(=O)Cl)cc2)C1. The Labute approximate surface area is 117 Å². The van der Waals surface area contributed by atoms with Gasteiger partial charge in [0.1, 0.15) is 0 Å². The topological polar surface area (TPSA) is 80.3 Å². The molecule has 0 spiro atoms. The molecule has 19 heavy (non-hydrogen) atoms. The number of halogens is 1. The van der Waals surface area contributed by atoms with E-state index in [1.807, 2.05) is 0 Å². The average molecular weight is 324 g/mol. The van der Waals surface area contributed by atoms with Gasteiger partial charge in [0.05, 0.1) is 9.79 Å². The van der Waals surface area contributed by atoms with Crippen LogP contribution in [0.4, 0.5) is 0 Å². The van der Waals surface area contributed by atoms with Crippen LogP contribution in [0.1, 0.15) is 19.8 Å². The van der Waals surface area contributed by atoms with E-state index in [-0.39, 0.29) is 15.8 Å². The van der Waals surface area contributed by atoms with Crippen molar-refractivity contribution >= 4 is 29.8 Å². The summed E-state index contributed by atoms with van der Waals surface area (Å²) in [5.41, 5.74) is 0. The van der Waals surface area contributed by atoms with Gasteiger partial charge in [-0.15, -0.1) is 0 Å². The van der Waals surface area contributed by atoms with E-state index >= 15 is 0 Å². The Balaban J connectivity index is 2.17. The second kappa shape index (κ2) is 5.05. The van der Waals surface area contributed by atoms with Crippen molar-refractivity contribution in [2.45, 2.75) is 35.6 Å². The van der Waals surface area contributed by atoms with Crippen LogP contribution in [-0.4, -0.2) is 22.9 Å². The fourth-order valence-corrected chi connectivity index (χ4v) is 4.10. The lowest BCUT2D eigenvalue weighted by molar-refractivity contribution is 0.270. The van der Waals surface area contributed by atoms with E-state index in [0.29, 0.717) is 5.92 Å². The van der Waals surface area contributed by atoms with Crippen LogP contribution in [-0.2, 0) is 19.1 Å². The summed E-state index contributed by atoms with van der Waals surface area (Å²) in [5, 5.41) is 0. The highest BCUT2D eigenvalue weighted by Gasteiger charge is 2.29. The van der Waals surface area contributed by atoms with E-state index in [1.165, 1.54) is 24.3 Å². The summed E-state index contributed by atoms with van der Waals surface area (Å²) >= 11 is 0. The van der Waals surface area contributed by atoms with Gasteiger partial charge in [-0.3, -0.25) is 0 Å². The molecular formula is C11H14ClNO4S2. The quantitative estimate of drug-likeness (QED) is 0.855. The first-order valence-electron chi connectivity index (χ1n) is 5.75. The fourth-order valence-electron chi connectivity index (χ4n) is 2.07. The Morgan fingerprint density at radius 1 is 1.05 bits per heavy atom. The first-order valence-corrected chi connectivity index (χ1v) is 9.55. The van der Waals surface area contributed by atoms with Crippen molar-refractivity contribution < 1.29 is 16.8 Å². The van der Waals surface area contributed by atoms with Gasteiger partial charge in [0, 0.05) is 16.7 Å². The number of rotatable bonds is 4. The maximum atomic E-state index is 12.0. The maximum Gasteiger partial charge on any atom is 0.261 e. The minimum absolute atomic E-state index is 0.0311. The molecule has 1 aliphatic rings. The van der Waals surface area contributed by atoms with Crippen LogP contribution in [0.15, 0.2) is 34.1 Å². The molecule has 1 aliphatic carbocycles. The molecule has 0 atom stereocenters. The molecule has 1 aromatic rings. The highest BCUT2D eigenvalue weighted by molar-refractivity contribution is 8.13. The van der Waals surface area contributed by atoms with Crippen LogP contribution in [0.5, 0.6) is 0 Å². The Hall–Kier alpha value is -0.630. The zero-order valence-electron chi connectivity index (χ0n) is 10.2. The van der Waals surface area contributed by atoms with Crippen LogP contribution >= 0.6 is 10.7 Å². The molecule has 1 N–H and O–H groups in total. The molecule has 0 aromatic heterocycles. The van der Waals surface area contributed by atoms with Crippen LogP contribution in [0.25, 0.3) is 0 Å². The van der Waals surface area contributed by atoms with Gasteiger partial charge in [0.15, 0.2) is 0 Å². The van der Waals surface area contributed by atoms with Gasteiger partial charge in [-0.25, -0.2) is 21.6 Å². The summed E-state index contributed by atoms with van der Waals surface area (Å²) in [6, 6.07) is 4.80. The minimum Gasteiger partial charge on any atom is -0.208 e. The summed E-state index contributed by atoms with van der Waals surface area (Å²) in [6.45, 7) is 2.06. The molecule has 0 unspecified atom stereocenters. The average Bonchev–Trinajstić information content (AvgIpc) is 2.26. The number of sulfonamides is 1. The van der Waals surface area contributed by atoms with Crippen LogP contribution < -0.4 is 4.72 Å². The standard InChI is InChI=1S/C11H14ClNO4S2/c1-8-6-9(7-8)13-19(16,17)11-4-2-10(3-5-11)18(12,14)15/h2-5,8-9,13H,6-7H2,1H3. The predicted octanol–water partition coefficient (Wildman–Crippen LogP) is 1.69. The Morgan fingerprint density at radius 3 is 1.95 bits per heavy atom. The Kier molecular flexibility index (Phi) is 3.92. The highest BCUT2D eigenvalue weighted by atomic mass is 35.7. The molecule has 106 valence electrons. The molecule has 0 amide bonds. The second-order valence-corrected chi connectivity index (χ2v) is 9.08. The molecule has 1 saturated carbocycles. The maximum absolute atomic E-state index is 12.0. The molecule has 5 nitrogen and oxygen atoms in total. The van der Waals surface area contributed by atoms with Gasteiger partial charge in [-0.2, -0.15) is 0 Å². The molecule has 0 bridgehead atoms. The fraction of sp³-hybridized carbons (Fsp3) is 0.455. The molecule has 0 saturated heterocycles. The number of hydrogen-bond acceptors (Lipinski definition) is 4. The van der Waals surface area contributed by atoms with E-state index in [1.54, 1.807) is 0 Å². The monoisotopic (exact) mass is 323 g/mol. The molecule has 0 aliphatic heterocycles. The second-order valence-electron chi connectivity index (χ2n) is 4.80. The van der Waals surface area contributed by atoms with Crippen molar-refractivity contribution in [1.29, 1.82) is 0 Å². The van der Waals surface area contributed by atoms with E-state index in [9.17, 15) is 16.8 Å². The Morgan fingerprint density at radius 2 is 1.53 bits per heavy atom. The van der Waals surface area contributed by atoms with E-state index in [4.69, 9.17) is 10.7 Å². The van der Waals surface area contributed by atoms with Crippen molar-refractivity contribution in [3.05, 3.63) is 24.3 Å². The van der Waals surface area contributed by atoms with Gasteiger partial charge in [-0.05, 0) is 43.0 Å². The lowest BCUT2D eigenvalue weighted by atomic mass is 9.83. The van der Waals surface area contributed by atoms with E-state index < -0.39 is 19.1 Å². The summed E-state index contributed by atoms with van der Waals surface area (Å²) < 4.78 is 48.7. The van der Waals surface area contributed by atoms with Gasteiger partial charge < -0.3 is 0 Å². The molecule has 1 fully saturated rings. The van der Waals surface area contributed by atoms with Crippen molar-refractivity contribution in [2.24, 2.45) is 5.92 Å². The van der Waals surface area contributed by atoms with Gasteiger partial charge >= 0.3 is 0 Å². The summed E-state index contributed by atoms with van der Waals surface area (Å²) in [6.07, 6.45) is 1.65. The van der Waals surface area contributed by atoms with Gasteiger partial charge in [-0.1, -0.05) is 6.92 Å². The lowest BCUT2D eigenvalue weighted by Gasteiger charge is -2.32. The number of nitrogens with one attached hydrogen (secondary N) is 1. The third-order valence-electron chi connectivity index (χ3n) is 3.11. The first kappa shape index (κ1) is 14.8. The molecule has 0 radical (unpaired) electrons. The first-order chi connectivity index (χ1) is 8.68. The van der Waals surface area contributed by atoms with Gasteiger partial charge in [0.2, 0.25) is 10.0 Å². The number of benzene rings is 1. The number of hydrogen-bond donors (Lipinski definition) is 1. The van der Waals surface area contributed by atoms with Crippen molar-refractivity contribution in [1.82, 2.24) is 4.72 Å². The van der Waals surface area contributed by atoms with E-state index in [2.05, 4.69) is 11.6 Å². The van der Waals surface area contributed by atoms with Crippen molar-refractivity contribution in [3.63, 3.8) is 0 Å². The highest BCUT2D eigenvalue weighted by Crippen LogP contribution is 2.28. The van der Waals surface area contributed by atoms with Crippen molar-refractivity contribution in [2.75, 3.05) is 0 Å². The lowest BCUT2D eigenvalue weighted by Crippen LogP contribution is -2.43. The molecule has 8 heteroatoms. The largest absolute Gasteiger partial charge is 0.261 e. The third kappa shape index (κ3) is 3.47. The van der Waals surface area contributed by atoms with Crippen LogP contribution in [0, 0.1) is 5.92 Å². The van der Waals surface area contributed by atoms with Crippen LogP contribution in [0.3, 0.4) is 0 Å². The summed E-state index contributed by atoms with van der Waals surface area (Å²) in [7, 11) is -2.26. The minimum atomic E-state index is -3.83. The molecular weight excluding hydrogens is 310 g/mol. The zero-order valence-corrected chi connectivity index (χ0v) is 12.6.